The molecule has 0 bridgehead atoms. The number of aromatic nitrogens is 4. The second-order valence-electron chi connectivity index (χ2n) is 7.25. The summed E-state index contributed by atoms with van der Waals surface area (Å²) in [6.45, 7) is 0.473. The maximum Gasteiger partial charge on any atom is 0.162 e. The molecule has 31 heavy (non-hydrogen) atoms. The van der Waals surface area contributed by atoms with E-state index in [2.05, 4.69) is 15.1 Å². The number of benzene rings is 3. The van der Waals surface area contributed by atoms with Gasteiger partial charge < -0.3 is 16.2 Å². The minimum Gasteiger partial charge on any atom is -0.495 e. The number of nitrogen functional groups attached to an aromatic ring is 2. The van der Waals surface area contributed by atoms with Gasteiger partial charge in [-0.3, -0.25) is 4.68 Å². The second-order valence-corrected chi connectivity index (χ2v) is 7.25. The molecular weight excluding hydrogens is 395 g/mol. The fourth-order valence-electron chi connectivity index (χ4n) is 3.66. The molecule has 0 aliphatic heterocycles. The fraction of sp³-hybridized carbons (Fsp3) is 0.0870. The quantitative estimate of drug-likeness (QED) is 0.431. The van der Waals surface area contributed by atoms with Crippen molar-refractivity contribution < 1.29 is 9.13 Å². The predicted molar refractivity (Wildman–Crippen MR) is 119 cm³/mol. The lowest BCUT2D eigenvalue weighted by Gasteiger charge is -2.10. The summed E-state index contributed by atoms with van der Waals surface area (Å²) in [5, 5.41) is 6.05. The van der Waals surface area contributed by atoms with Crippen LogP contribution in [0.4, 0.5) is 15.9 Å². The molecule has 3 aromatic carbocycles. The monoisotopic (exact) mass is 414 g/mol. The van der Waals surface area contributed by atoms with Crippen LogP contribution in [0.2, 0.25) is 0 Å². The molecule has 154 valence electrons. The molecule has 0 amide bonds. The maximum atomic E-state index is 13.5. The van der Waals surface area contributed by atoms with E-state index in [1.54, 1.807) is 31.5 Å². The van der Waals surface area contributed by atoms with Gasteiger partial charge >= 0.3 is 0 Å². The molecule has 0 spiro atoms. The highest BCUT2D eigenvalue weighted by atomic mass is 19.1. The first-order chi connectivity index (χ1) is 15.0. The number of nitrogens with two attached hydrogens (primary N) is 2. The third-order valence-electron chi connectivity index (χ3n) is 5.20. The number of hydrogen-bond donors (Lipinski definition) is 2. The predicted octanol–water partition coefficient (Wildman–Crippen LogP) is 4.01. The highest BCUT2D eigenvalue weighted by Gasteiger charge is 2.12. The van der Waals surface area contributed by atoms with E-state index in [0.29, 0.717) is 40.5 Å². The van der Waals surface area contributed by atoms with E-state index in [1.165, 1.54) is 12.1 Å². The van der Waals surface area contributed by atoms with Crippen LogP contribution in [0.15, 0.2) is 60.8 Å². The van der Waals surface area contributed by atoms with Crippen LogP contribution in [0.25, 0.3) is 33.2 Å². The van der Waals surface area contributed by atoms with Gasteiger partial charge in [0.05, 0.1) is 36.6 Å². The second kappa shape index (κ2) is 7.24. The SMILES string of the molecule is COc1cc2nc(-c3ccc4c(cnn4Cc4cccc(F)c4)c3)nc(N)c2cc1N. The molecule has 7 nitrogen and oxygen atoms in total. The Hall–Kier alpha value is -4.20. The van der Waals surface area contributed by atoms with E-state index in [-0.39, 0.29) is 5.82 Å². The Morgan fingerprint density at radius 2 is 1.90 bits per heavy atom. The molecule has 0 aliphatic carbocycles. The van der Waals surface area contributed by atoms with Crippen molar-refractivity contribution in [1.29, 1.82) is 0 Å². The van der Waals surface area contributed by atoms with Crippen molar-refractivity contribution in [2.45, 2.75) is 6.54 Å². The van der Waals surface area contributed by atoms with Gasteiger partial charge in [0.25, 0.3) is 0 Å². The van der Waals surface area contributed by atoms with E-state index in [4.69, 9.17) is 16.2 Å². The highest BCUT2D eigenvalue weighted by molar-refractivity contribution is 5.94. The van der Waals surface area contributed by atoms with Crippen molar-refractivity contribution in [2.24, 2.45) is 0 Å². The largest absolute Gasteiger partial charge is 0.495 e. The number of nitrogens with zero attached hydrogens (tertiary/aromatic N) is 4. The van der Waals surface area contributed by atoms with Gasteiger partial charge in [-0.25, -0.2) is 14.4 Å². The van der Waals surface area contributed by atoms with Crippen molar-refractivity contribution in [3.8, 4) is 17.1 Å². The van der Waals surface area contributed by atoms with Crippen LogP contribution in [0.5, 0.6) is 5.75 Å². The normalized spacial score (nSPS) is 11.3. The number of methoxy groups -OCH3 is 1. The van der Waals surface area contributed by atoms with Crippen molar-refractivity contribution >= 4 is 33.3 Å². The first-order valence-electron chi connectivity index (χ1n) is 9.63. The summed E-state index contributed by atoms with van der Waals surface area (Å²) in [5.41, 5.74) is 15.9. The van der Waals surface area contributed by atoms with Gasteiger partial charge in [0, 0.05) is 22.4 Å². The lowest BCUT2D eigenvalue weighted by Crippen LogP contribution is -2.02. The number of hydrogen-bond acceptors (Lipinski definition) is 6. The first-order valence-corrected chi connectivity index (χ1v) is 9.63. The maximum absolute atomic E-state index is 13.5. The summed E-state index contributed by atoms with van der Waals surface area (Å²) in [7, 11) is 1.55. The fourth-order valence-corrected chi connectivity index (χ4v) is 3.66. The minimum absolute atomic E-state index is 0.263. The summed E-state index contributed by atoms with van der Waals surface area (Å²) in [4.78, 5) is 9.11. The van der Waals surface area contributed by atoms with E-state index in [1.807, 2.05) is 28.9 Å². The average Bonchev–Trinajstić information content (AvgIpc) is 3.15. The van der Waals surface area contributed by atoms with Crippen molar-refractivity contribution in [3.05, 3.63) is 72.2 Å². The Kier molecular flexibility index (Phi) is 4.39. The van der Waals surface area contributed by atoms with E-state index < -0.39 is 0 Å². The minimum atomic E-state index is -0.263. The molecule has 0 atom stereocenters. The Morgan fingerprint density at radius 3 is 2.71 bits per heavy atom. The molecule has 0 saturated carbocycles. The lowest BCUT2D eigenvalue weighted by atomic mass is 10.1. The number of halogens is 1. The number of fused-ring (bicyclic) bond motifs is 2. The van der Waals surface area contributed by atoms with Crippen LogP contribution in [-0.4, -0.2) is 26.9 Å². The van der Waals surface area contributed by atoms with Crippen LogP contribution >= 0.6 is 0 Å². The summed E-state index contributed by atoms with van der Waals surface area (Å²) in [5.74, 6) is 1.11. The van der Waals surface area contributed by atoms with Gasteiger partial charge in [-0.05, 0) is 42.0 Å². The smallest absolute Gasteiger partial charge is 0.162 e. The zero-order chi connectivity index (χ0) is 21.5. The topological polar surface area (TPSA) is 105 Å². The van der Waals surface area contributed by atoms with Crippen molar-refractivity contribution in [1.82, 2.24) is 19.7 Å². The Balaban J connectivity index is 1.55. The molecule has 0 unspecified atom stereocenters. The number of anilines is 2. The van der Waals surface area contributed by atoms with Crippen LogP contribution in [0, 0.1) is 5.82 Å². The van der Waals surface area contributed by atoms with Gasteiger partial charge in [0.15, 0.2) is 5.82 Å². The van der Waals surface area contributed by atoms with Crippen molar-refractivity contribution in [3.63, 3.8) is 0 Å². The van der Waals surface area contributed by atoms with E-state index >= 15 is 0 Å². The Morgan fingerprint density at radius 1 is 1.03 bits per heavy atom. The average molecular weight is 414 g/mol. The van der Waals surface area contributed by atoms with Gasteiger partial charge in [-0.1, -0.05) is 12.1 Å². The van der Waals surface area contributed by atoms with Crippen LogP contribution in [0.3, 0.4) is 0 Å². The molecule has 2 aromatic heterocycles. The van der Waals surface area contributed by atoms with E-state index in [9.17, 15) is 4.39 Å². The van der Waals surface area contributed by atoms with Crippen LogP contribution in [-0.2, 0) is 6.54 Å². The number of rotatable bonds is 4. The standard InChI is InChI=1S/C23H19FN6O/c1-31-21-10-19-17(9-18(21)25)22(26)29-23(28-19)14-5-6-20-15(8-14)11-27-30(20)12-13-3-2-4-16(24)7-13/h2-11H,12,25H2,1H3,(H2,26,28,29). The van der Waals surface area contributed by atoms with Crippen LogP contribution < -0.4 is 16.2 Å². The summed E-state index contributed by atoms with van der Waals surface area (Å²) in [6.07, 6.45) is 1.77. The lowest BCUT2D eigenvalue weighted by molar-refractivity contribution is 0.417. The van der Waals surface area contributed by atoms with Gasteiger partial charge in [-0.2, -0.15) is 5.10 Å². The molecule has 0 radical (unpaired) electrons. The molecule has 0 saturated heterocycles. The zero-order valence-electron chi connectivity index (χ0n) is 16.7. The van der Waals surface area contributed by atoms with Gasteiger partial charge in [0.1, 0.15) is 17.4 Å². The van der Waals surface area contributed by atoms with Crippen LogP contribution in [0.1, 0.15) is 5.56 Å². The first kappa shape index (κ1) is 18.8. The van der Waals surface area contributed by atoms with Gasteiger partial charge in [-0.15, -0.1) is 0 Å². The molecular formula is C23H19FN6O. The third-order valence-corrected chi connectivity index (χ3v) is 5.20. The van der Waals surface area contributed by atoms with Gasteiger partial charge in [0.2, 0.25) is 0 Å². The zero-order valence-corrected chi connectivity index (χ0v) is 16.7. The van der Waals surface area contributed by atoms with E-state index in [0.717, 1.165) is 22.0 Å². The molecule has 2 heterocycles. The Bertz CT molecular complexity index is 1450. The summed E-state index contributed by atoms with van der Waals surface area (Å²) >= 11 is 0. The molecule has 5 rings (SSSR count). The molecule has 8 heteroatoms. The third kappa shape index (κ3) is 3.38. The molecule has 0 fully saturated rings. The summed E-state index contributed by atoms with van der Waals surface area (Å²) in [6, 6.07) is 15.8. The number of ether oxygens (including phenoxy) is 1. The Labute approximate surface area is 177 Å². The summed E-state index contributed by atoms with van der Waals surface area (Å²) < 4.78 is 20.6. The molecule has 5 aromatic rings. The molecule has 0 aliphatic rings. The molecule has 4 N–H and O–H groups in total. The van der Waals surface area contributed by atoms with Crippen molar-refractivity contribution in [2.75, 3.05) is 18.6 Å². The highest BCUT2D eigenvalue weighted by Crippen LogP contribution is 2.31.